The molecule has 0 radical (unpaired) electrons. The Morgan fingerprint density at radius 3 is 2.56 bits per heavy atom. The SMILES string of the molecule is O=c1c2ccccc2nc(SCc2cc(F)cc(F)c2)n1Cc1ccco1. The lowest BCUT2D eigenvalue weighted by molar-refractivity contribution is 0.476. The number of rotatable bonds is 5. The predicted molar refractivity (Wildman–Crippen MR) is 99.7 cm³/mol. The average Bonchev–Trinajstić information content (AvgIpc) is 3.15. The number of benzene rings is 2. The van der Waals surface area contributed by atoms with E-state index < -0.39 is 11.6 Å². The first-order chi connectivity index (χ1) is 13.1. The van der Waals surface area contributed by atoms with E-state index in [0.717, 1.165) is 6.07 Å². The van der Waals surface area contributed by atoms with Crippen LogP contribution in [0.25, 0.3) is 10.9 Å². The Kier molecular flexibility index (Phi) is 4.77. The Balaban J connectivity index is 1.74. The van der Waals surface area contributed by atoms with Gasteiger partial charge in [-0.2, -0.15) is 0 Å². The van der Waals surface area contributed by atoms with Crippen molar-refractivity contribution >= 4 is 22.7 Å². The van der Waals surface area contributed by atoms with Crippen LogP contribution in [0.4, 0.5) is 8.78 Å². The van der Waals surface area contributed by atoms with Gasteiger partial charge in [-0.25, -0.2) is 13.8 Å². The molecule has 7 heteroatoms. The molecule has 0 saturated carbocycles. The number of para-hydroxylation sites is 1. The fraction of sp³-hybridized carbons (Fsp3) is 0.100. The van der Waals surface area contributed by atoms with E-state index in [9.17, 15) is 13.6 Å². The molecule has 4 aromatic rings. The van der Waals surface area contributed by atoms with Gasteiger partial charge in [0.2, 0.25) is 0 Å². The van der Waals surface area contributed by atoms with E-state index >= 15 is 0 Å². The van der Waals surface area contributed by atoms with Gasteiger partial charge in [-0.05, 0) is 42.0 Å². The molecule has 0 fully saturated rings. The lowest BCUT2D eigenvalue weighted by Gasteiger charge is -2.12. The molecule has 0 unspecified atom stereocenters. The minimum atomic E-state index is -0.634. The van der Waals surface area contributed by atoms with Gasteiger partial charge in [0.1, 0.15) is 17.4 Å². The Morgan fingerprint density at radius 1 is 1.04 bits per heavy atom. The van der Waals surface area contributed by atoms with Crippen LogP contribution in [0.5, 0.6) is 0 Å². The summed E-state index contributed by atoms with van der Waals surface area (Å²) in [5.41, 5.74) is 0.862. The summed E-state index contributed by atoms with van der Waals surface area (Å²) in [5.74, 6) is -0.375. The molecule has 0 bridgehead atoms. The fourth-order valence-electron chi connectivity index (χ4n) is 2.80. The molecule has 2 aromatic carbocycles. The van der Waals surface area contributed by atoms with E-state index in [4.69, 9.17) is 4.42 Å². The average molecular weight is 384 g/mol. The minimum absolute atomic E-state index is 0.190. The second-order valence-corrected chi connectivity index (χ2v) is 6.89. The molecular formula is C20H14F2N2O2S. The highest BCUT2D eigenvalue weighted by molar-refractivity contribution is 7.98. The third-order valence-electron chi connectivity index (χ3n) is 4.01. The Labute approximate surface area is 157 Å². The number of furan rings is 1. The molecule has 0 aliphatic heterocycles. The van der Waals surface area contributed by atoms with Crippen molar-refractivity contribution in [2.24, 2.45) is 0 Å². The number of nitrogens with zero attached hydrogens (tertiary/aromatic N) is 2. The zero-order valence-electron chi connectivity index (χ0n) is 14.1. The lowest BCUT2D eigenvalue weighted by Crippen LogP contribution is -2.23. The van der Waals surface area contributed by atoms with Crippen LogP contribution >= 0.6 is 11.8 Å². The molecule has 0 N–H and O–H groups in total. The minimum Gasteiger partial charge on any atom is -0.467 e. The summed E-state index contributed by atoms with van der Waals surface area (Å²) >= 11 is 1.25. The van der Waals surface area contributed by atoms with E-state index in [1.165, 1.54) is 34.7 Å². The molecule has 4 rings (SSSR count). The van der Waals surface area contributed by atoms with E-state index in [0.29, 0.717) is 27.4 Å². The number of halogens is 2. The highest BCUT2D eigenvalue weighted by Crippen LogP contribution is 2.24. The molecule has 2 heterocycles. The summed E-state index contributed by atoms with van der Waals surface area (Å²) in [6.07, 6.45) is 1.54. The van der Waals surface area contributed by atoms with Gasteiger partial charge in [0.05, 0.1) is 23.7 Å². The van der Waals surface area contributed by atoms with Gasteiger partial charge in [-0.15, -0.1) is 0 Å². The van der Waals surface area contributed by atoms with Crippen LogP contribution in [-0.4, -0.2) is 9.55 Å². The normalized spacial score (nSPS) is 11.2. The van der Waals surface area contributed by atoms with Crippen molar-refractivity contribution in [2.75, 3.05) is 0 Å². The maximum atomic E-state index is 13.4. The first-order valence-electron chi connectivity index (χ1n) is 8.20. The summed E-state index contributed by atoms with van der Waals surface area (Å²) in [5, 5.41) is 0.963. The predicted octanol–water partition coefficient (Wildman–Crippen LogP) is 4.61. The first-order valence-corrected chi connectivity index (χ1v) is 9.18. The molecule has 0 amide bonds. The molecule has 4 nitrogen and oxygen atoms in total. The fourth-order valence-corrected chi connectivity index (χ4v) is 3.73. The molecule has 27 heavy (non-hydrogen) atoms. The largest absolute Gasteiger partial charge is 0.467 e. The van der Waals surface area contributed by atoms with Crippen molar-refractivity contribution in [1.82, 2.24) is 9.55 Å². The summed E-state index contributed by atoms with van der Waals surface area (Å²) in [6.45, 7) is 0.226. The maximum Gasteiger partial charge on any atom is 0.262 e. The maximum absolute atomic E-state index is 13.4. The highest BCUT2D eigenvalue weighted by atomic mass is 32.2. The van der Waals surface area contributed by atoms with Crippen LogP contribution < -0.4 is 5.56 Å². The first kappa shape index (κ1) is 17.5. The van der Waals surface area contributed by atoms with Crippen LogP contribution in [-0.2, 0) is 12.3 Å². The van der Waals surface area contributed by atoms with E-state index in [1.54, 1.807) is 30.3 Å². The van der Waals surface area contributed by atoms with Gasteiger partial charge in [0.25, 0.3) is 5.56 Å². The van der Waals surface area contributed by atoms with Crippen LogP contribution in [0, 0.1) is 11.6 Å². The number of hydrogen-bond acceptors (Lipinski definition) is 4. The molecule has 2 aromatic heterocycles. The Hall–Kier alpha value is -2.93. The molecule has 136 valence electrons. The Bertz CT molecular complexity index is 1140. The Morgan fingerprint density at radius 2 is 1.81 bits per heavy atom. The van der Waals surface area contributed by atoms with E-state index in [1.807, 2.05) is 6.07 Å². The monoisotopic (exact) mass is 384 g/mol. The van der Waals surface area contributed by atoms with Crippen LogP contribution in [0.1, 0.15) is 11.3 Å². The lowest BCUT2D eigenvalue weighted by atomic mass is 10.2. The van der Waals surface area contributed by atoms with Crippen LogP contribution in [0.15, 0.2) is 75.2 Å². The second kappa shape index (κ2) is 7.36. The number of thioether (sulfide) groups is 1. The van der Waals surface area contributed by atoms with Gasteiger partial charge < -0.3 is 4.42 Å². The van der Waals surface area contributed by atoms with Crippen molar-refractivity contribution in [1.29, 1.82) is 0 Å². The van der Waals surface area contributed by atoms with E-state index in [2.05, 4.69) is 4.98 Å². The van der Waals surface area contributed by atoms with Crippen molar-refractivity contribution in [3.8, 4) is 0 Å². The molecular weight excluding hydrogens is 370 g/mol. The second-order valence-electron chi connectivity index (χ2n) is 5.95. The summed E-state index contributed by atoms with van der Waals surface area (Å²) in [6, 6.07) is 14.0. The standard InChI is InChI=1S/C20H14F2N2O2S/c21-14-8-13(9-15(22)10-14)12-27-20-23-18-6-2-1-5-17(18)19(25)24(20)11-16-4-3-7-26-16/h1-10H,11-12H2. The van der Waals surface area contributed by atoms with Crippen molar-refractivity contribution in [2.45, 2.75) is 17.5 Å². The molecule has 0 saturated heterocycles. The summed E-state index contributed by atoms with van der Waals surface area (Å²) in [4.78, 5) is 17.5. The van der Waals surface area contributed by atoms with Gasteiger partial charge >= 0.3 is 0 Å². The van der Waals surface area contributed by atoms with Crippen molar-refractivity contribution in [3.63, 3.8) is 0 Å². The number of hydrogen-bond donors (Lipinski definition) is 0. The van der Waals surface area contributed by atoms with Crippen molar-refractivity contribution < 1.29 is 13.2 Å². The molecule has 0 atom stereocenters. The molecule has 0 aliphatic rings. The number of fused-ring (bicyclic) bond motifs is 1. The van der Waals surface area contributed by atoms with Crippen LogP contribution in [0.3, 0.4) is 0 Å². The van der Waals surface area contributed by atoms with Gasteiger partial charge in [-0.1, -0.05) is 23.9 Å². The van der Waals surface area contributed by atoms with Crippen LogP contribution in [0.2, 0.25) is 0 Å². The third-order valence-corrected chi connectivity index (χ3v) is 5.06. The topological polar surface area (TPSA) is 48.0 Å². The smallest absolute Gasteiger partial charge is 0.262 e. The summed E-state index contributed by atoms with van der Waals surface area (Å²) < 4.78 is 33.7. The summed E-state index contributed by atoms with van der Waals surface area (Å²) in [7, 11) is 0. The van der Waals surface area contributed by atoms with Gasteiger partial charge in [-0.3, -0.25) is 9.36 Å². The highest BCUT2D eigenvalue weighted by Gasteiger charge is 2.13. The number of aromatic nitrogens is 2. The van der Waals surface area contributed by atoms with Gasteiger partial charge in [0, 0.05) is 11.8 Å². The third kappa shape index (κ3) is 3.78. The zero-order chi connectivity index (χ0) is 18.8. The zero-order valence-corrected chi connectivity index (χ0v) is 14.9. The van der Waals surface area contributed by atoms with E-state index in [-0.39, 0.29) is 17.9 Å². The van der Waals surface area contributed by atoms with Crippen molar-refractivity contribution in [3.05, 3.63) is 94.2 Å². The quantitative estimate of drug-likeness (QED) is 0.372. The molecule has 0 aliphatic carbocycles. The van der Waals surface area contributed by atoms with Gasteiger partial charge in [0.15, 0.2) is 5.16 Å². The molecule has 0 spiro atoms.